The molecule has 7 nitrogen and oxygen atoms in total. The SMILES string of the molecule is CN(CC(=O)NCc1ccccc1CN1CCOCC1)CC(=O)Nc1ccccc1C(F)(F)F. The van der Waals surface area contributed by atoms with E-state index in [9.17, 15) is 22.8 Å². The molecule has 0 aliphatic carbocycles. The molecule has 2 aromatic carbocycles. The summed E-state index contributed by atoms with van der Waals surface area (Å²) < 4.78 is 44.7. The Morgan fingerprint density at radius 1 is 0.971 bits per heavy atom. The molecule has 34 heavy (non-hydrogen) atoms. The molecule has 0 spiro atoms. The van der Waals surface area contributed by atoms with E-state index in [1.165, 1.54) is 23.1 Å². The Kier molecular flexibility index (Phi) is 9.03. The molecule has 0 radical (unpaired) electrons. The number of alkyl halides is 3. The number of halogens is 3. The maximum Gasteiger partial charge on any atom is 0.418 e. The van der Waals surface area contributed by atoms with Gasteiger partial charge in [0.05, 0.1) is 37.6 Å². The molecule has 2 N–H and O–H groups in total. The van der Waals surface area contributed by atoms with Crippen LogP contribution in [0.2, 0.25) is 0 Å². The zero-order chi connectivity index (χ0) is 24.6. The van der Waals surface area contributed by atoms with Crippen LogP contribution in [0.3, 0.4) is 0 Å². The normalized spacial score (nSPS) is 14.7. The van der Waals surface area contributed by atoms with E-state index in [0.717, 1.165) is 36.8 Å². The first-order valence-electron chi connectivity index (χ1n) is 11.0. The summed E-state index contributed by atoms with van der Waals surface area (Å²) in [6.07, 6.45) is -4.58. The third-order valence-electron chi connectivity index (χ3n) is 5.43. The summed E-state index contributed by atoms with van der Waals surface area (Å²) in [5.41, 5.74) is 0.904. The van der Waals surface area contributed by atoms with Crippen LogP contribution in [0.25, 0.3) is 0 Å². The van der Waals surface area contributed by atoms with Crippen molar-refractivity contribution in [2.45, 2.75) is 19.3 Å². The summed E-state index contributed by atoms with van der Waals surface area (Å²) in [5, 5.41) is 5.13. The topological polar surface area (TPSA) is 73.9 Å². The van der Waals surface area contributed by atoms with Gasteiger partial charge in [-0.3, -0.25) is 19.4 Å². The number of carbonyl (C=O) groups excluding carboxylic acids is 2. The lowest BCUT2D eigenvalue weighted by Gasteiger charge is -2.27. The van der Waals surface area contributed by atoms with Crippen LogP contribution in [0.1, 0.15) is 16.7 Å². The zero-order valence-electron chi connectivity index (χ0n) is 19.0. The minimum atomic E-state index is -4.58. The number of morpholine rings is 1. The number of rotatable bonds is 9. The standard InChI is InChI=1S/C24H29F3N4O3/c1-30(17-23(33)29-21-9-5-4-8-20(21)24(25,26)27)16-22(32)28-14-18-6-2-3-7-19(18)15-31-10-12-34-13-11-31/h2-9H,10-17H2,1H3,(H,28,32)(H,29,33). The predicted octanol–water partition coefficient (Wildman–Crippen LogP) is 2.72. The highest BCUT2D eigenvalue weighted by atomic mass is 19.4. The number of benzene rings is 2. The number of ether oxygens (including phenoxy) is 1. The molecule has 0 aromatic heterocycles. The van der Waals surface area contributed by atoms with Gasteiger partial charge in [-0.15, -0.1) is 0 Å². The van der Waals surface area contributed by atoms with E-state index in [1.54, 1.807) is 7.05 Å². The molecule has 2 aromatic rings. The van der Waals surface area contributed by atoms with Gasteiger partial charge in [-0.25, -0.2) is 0 Å². The van der Waals surface area contributed by atoms with E-state index in [2.05, 4.69) is 15.5 Å². The van der Waals surface area contributed by atoms with E-state index in [4.69, 9.17) is 4.74 Å². The molecule has 1 aliphatic rings. The number of anilines is 1. The number of amides is 2. The smallest absolute Gasteiger partial charge is 0.379 e. The van der Waals surface area contributed by atoms with E-state index >= 15 is 0 Å². The maximum atomic E-state index is 13.1. The minimum Gasteiger partial charge on any atom is -0.379 e. The van der Waals surface area contributed by atoms with Gasteiger partial charge in [0.1, 0.15) is 0 Å². The molecule has 2 amide bonds. The molecule has 1 aliphatic heterocycles. The molecule has 0 atom stereocenters. The lowest BCUT2D eigenvalue weighted by atomic mass is 10.1. The number of carbonyl (C=O) groups is 2. The first-order valence-corrected chi connectivity index (χ1v) is 11.0. The molecule has 0 unspecified atom stereocenters. The summed E-state index contributed by atoms with van der Waals surface area (Å²) in [5.74, 6) is -0.921. The number of nitrogens with one attached hydrogen (secondary N) is 2. The second kappa shape index (κ2) is 12.0. The number of hydrogen-bond donors (Lipinski definition) is 2. The van der Waals surface area contributed by atoms with Crippen molar-refractivity contribution in [2.24, 2.45) is 0 Å². The van der Waals surface area contributed by atoms with Crippen molar-refractivity contribution in [3.8, 4) is 0 Å². The molecule has 3 rings (SSSR count). The van der Waals surface area contributed by atoms with Crippen molar-refractivity contribution in [3.05, 3.63) is 65.2 Å². The van der Waals surface area contributed by atoms with Crippen LogP contribution in [0.4, 0.5) is 18.9 Å². The van der Waals surface area contributed by atoms with Crippen molar-refractivity contribution < 1.29 is 27.5 Å². The second-order valence-corrected chi connectivity index (χ2v) is 8.20. The van der Waals surface area contributed by atoms with Crippen LogP contribution >= 0.6 is 0 Å². The summed E-state index contributed by atoms with van der Waals surface area (Å²) in [7, 11) is 1.56. The third kappa shape index (κ3) is 7.82. The third-order valence-corrected chi connectivity index (χ3v) is 5.43. The number of para-hydroxylation sites is 1. The summed E-state index contributed by atoms with van der Waals surface area (Å²) in [6, 6.07) is 12.7. The average molecular weight is 479 g/mol. The van der Waals surface area contributed by atoms with Gasteiger partial charge in [0, 0.05) is 26.2 Å². The van der Waals surface area contributed by atoms with Crippen LogP contribution in [0.5, 0.6) is 0 Å². The van der Waals surface area contributed by atoms with Crippen LogP contribution in [0.15, 0.2) is 48.5 Å². The number of hydrogen-bond acceptors (Lipinski definition) is 5. The fraction of sp³-hybridized carbons (Fsp3) is 0.417. The largest absolute Gasteiger partial charge is 0.418 e. The maximum absolute atomic E-state index is 13.1. The van der Waals surface area contributed by atoms with Gasteiger partial charge in [0.25, 0.3) is 0 Å². The van der Waals surface area contributed by atoms with E-state index in [0.29, 0.717) is 19.8 Å². The van der Waals surface area contributed by atoms with Gasteiger partial charge >= 0.3 is 6.18 Å². The van der Waals surface area contributed by atoms with Crippen LogP contribution in [-0.2, 0) is 33.6 Å². The van der Waals surface area contributed by atoms with Crippen LogP contribution in [0, 0.1) is 0 Å². The quantitative estimate of drug-likeness (QED) is 0.580. The van der Waals surface area contributed by atoms with Gasteiger partial charge in [0.15, 0.2) is 0 Å². The van der Waals surface area contributed by atoms with Crippen molar-refractivity contribution in [1.29, 1.82) is 0 Å². The highest BCUT2D eigenvalue weighted by Crippen LogP contribution is 2.34. The monoisotopic (exact) mass is 478 g/mol. The van der Waals surface area contributed by atoms with Crippen molar-refractivity contribution in [1.82, 2.24) is 15.1 Å². The van der Waals surface area contributed by atoms with Gasteiger partial charge in [-0.2, -0.15) is 13.2 Å². The van der Waals surface area contributed by atoms with Gasteiger partial charge in [0.2, 0.25) is 11.8 Å². The minimum absolute atomic E-state index is 0.0695. The summed E-state index contributed by atoms with van der Waals surface area (Å²) in [6.45, 7) is 3.96. The lowest BCUT2D eigenvalue weighted by molar-refractivity contribution is -0.137. The van der Waals surface area contributed by atoms with E-state index < -0.39 is 17.6 Å². The Labute approximate surface area is 196 Å². The van der Waals surface area contributed by atoms with Crippen molar-refractivity contribution in [3.63, 3.8) is 0 Å². The van der Waals surface area contributed by atoms with Gasteiger partial charge in [-0.05, 0) is 30.3 Å². The van der Waals surface area contributed by atoms with E-state index in [-0.39, 0.29) is 24.7 Å². The predicted molar refractivity (Wildman–Crippen MR) is 122 cm³/mol. The summed E-state index contributed by atoms with van der Waals surface area (Å²) in [4.78, 5) is 28.4. The van der Waals surface area contributed by atoms with Gasteiger partial charge in [-0.1, -0.05) is 36.4 Å². The molecular weight excluding hydrogens is 449 g/mol. The Hall–Kier alpha value is -2.95. The Morgan fingerprint density at radius 2 is 1.59 bits per heavy atom. The number of likely N-dealkylation sites (N-methyl/N-ethyl adjacent to an activating group) is 1. The molecule has 1 heterocycles. The van der Waals surface area contributed by atoms with Crippen molar-refractivity contribution >= 4 is 17.5 Å². The zero-order valence-corrected chi connectivity index (χ0v) is 19.0. The first-order chi connectivity index (χ1) is 16.2. The molecule has 184 valence electrons. The molecular formula is C24H29F3N4O3. The highest BCUT2D eigenvalue weighted by Gasteiger charge is 2.33. The Morgan fingerprint density at radius 3 is 2.29 bits per heavy atom. The second-order valence-electron chi connectivity index (χ2n) is 8.20. The van der Waals surface area contributed by atoms with Crippen LogP contribution in [-0.4, -0.2) is 68.1 Å². The van der Waals surface area contributed by atoms with Gasteiger partial charge < -0.3 is 15.4 Å². The Bertz CT molecular complexity index is 978. The first kappa shape index (κ1) is 25.7. The molecule has 0 saturated carbocycles. The number of nitrogens with zero attached hydrogens (tertiary/aromatic N) is 2. The lowest BCUT2D eigenvalue weighted by Crippen LogP contribution is -2.39. The summed E-state index contributed by atoms with van der Waals surface area (Å²) >= 11 is 0. The fourth-order valence-electron chi connectivity index (χ4n) is 3.71. The van der Waals surface area contributed by atoms with Crippen molar-refractivity contribution in [2.75, 3.05) is 51.8 Å². The van der Waals surface area contributed by atoms with Crippen LogP contribution < -0.4 is 10.6 Å². The molecule has 0 bridgehead atoms. The Balaban J connectivity index is 1.47. The molecule has 10 heteroatoms. The fourth-order valence-corrected chi connectivity index (χ4v) is 3.71. The molecule has 1 saturated heterocycles. The highest BCUT2D eigenvalue weighted by molar-refractivity contribution is 5.93. The molecule has 1 fully saturated rings. The average Bonchev–Trinajstić information content (AvgIpc) is 2.78. The van der Waals surface area contributed by atoms with E-state index in [1.807, 2.05) is 24.3 Å².